The molecule has 0 radical (unpaired) electrons. The number of aromatic nitrogens is 2. The van der Waals surface area contributed by atoms with Crippen molar-refractivity contribution in [1.29, 1.82) is 0 Å². The first-order valence-corrected chi connectivity index (χ1v) is 11.9. The Kier molecular flexibility index (Phi) is 4.52. The second-order valence-corrected chi connectivity index (χ2v) is 9.77. The molecule has 1 saturated carbocycles. The van der Waals surface area contributed by atoms with E-state index in [4.69, 9.17) is 4.98 Å². The summed E-state index contributed by atoms with van der Waals surface area (Å²) >= 11 is 0. The summed E-state index contributed by atoms with van der Waals surface area (Å²) in [7, 11) is 2.11. The fourth-order valence-corrected chi connectivity index (χ4v) is 6.17. The lowest BCUT2D eigenvalue weighted by Crippen LogP contribution is -2.31. The van der Waals surface area contributed by atoms with Gasteiger partial charge in [0.1, 0.15) is 12.9 Å². The summed E-state index contributed by atoms with van der Waals surface area (Å²) in [6.07, 6.45) is 9.01. The molecule has 33 heavy (non-hydrogen) atoms. The van der Waals surface area contributed by atoms with Gasteiger partial charge in [0.2, 0.25) is 5.69 Å². The zero-order valence-corrected chi connectivity index (χ0v) is 19.5. The molecule has 2 aliphatic carbocycles. The Hall–Kier alpha value is -3.33. The predicted octanol–water partition coefficient (Wildman–Crippen LogP) is 6.84. The SMILES string of the molecule is Cc1cc(-c2cc3c(cc2C)-c2cccnc2C32CCCC2)[n+](C)cc1-c1ccc(F)cc1. The minimum Gasteiger partial charge on any atom is -0.260 e. The van der Waals surface area contributed by atoms with Crippen LogP contribution in [0, 0.1) is 19.7 Å². The third-order valence-electron chi connectivity index (χ3n) is 7.80. The third-order valence-corrected chi connectivity index (χ3v) is 7.80. The molecule has 2 aromatic heterocycles. The predicted molar refractivity (Wildman–Crippen MR) is 130 cm³/mol. The summed E-state index contributed by atoms with van der Waals surface area (Å²) in [6, 6.07) is 18.2. The smallest absolute Gasteiger partial charge is 0.212 e. The van der Waals surface area contributed by atoms with Crippen molar-refractivity contribution >= 4 is 0 Å². The number of fused-ring (bicyclic) bond motifs is 5. The largest absolute Gasteiger partial charge is 0.260 e. The fraction of sp³-hybridized carbons (Fsp3) is 0.267. The van der Waals surface area contributed by atoms with E-state index >= 15 is 0 Å². The zero-order chi connectivity index (χ0) is 22.7. The molecular weight excluding hydrogens is 407 g/mol. The first-order chi connectivity index (χ1) is 16.0. The van der Waals surface area contributed by atoms with Gasteiger partial charge in [0.15, 0.2) is 6.20 Å². The Labute approximate surface area is 194 Å². The highest BCUT2D eigenvalue weighted by atomic mass is 19.1. The molecule has 0 bridgehead atoms. The monoisotopic (exact) mass is 435 g/mol. The summed E-state index contributed by atoms with van der Waals surface area (Å²) in [6.45, 7) is 4.36. The number of pyridine rings is 2. The highest BCUT2D eigenvalue weighted by molar-refractivity contribution is 5.84. The van der Waals surface area contributed by atoms with Gasteiger partial charge in [0.25, 0.3) is 0 Å². The Morgan fingerprint density at radius 1 is 0.848 bits per heavy atom. The minimum atomic E-state index is -0.206. The quantitative estimate of drug-likeness (QED) is 0.315. The van der Waals surface area contributed by atoms with Crippen LogP contribution < -0.4 is 4.57 Å². The van der Waals surface area contributed by atoms with E-state index in [-0.39, 0.29) is 11.2 Å². The van der Waals surface area contributed by atoms with Gasteiger partial charge in [-0.1, -0.05) is 37.1 Å². The molecule has 0 amide bonds. The van der Waals surface area contributed by atoms with E-state index in [0.29, 0.717) is 0 Å². The van der Waals surface area contributed by atoms with Crippen molar-refractivity contribution in [2.24, 2.45) is 7.05 Å². The topological polar surface area (TPSA) is 16.8 Å². The molecule has 2 aromatic carbocycles. The van der Waals surface area contributed by atoms with Gasteiger partial charge in [0, 0.05) is 34.4 Å². The van der Waals surface area contributed by atoms with E-state index in [1.807, 2.05) is 18.3 Å². The molecule has 0 saturated heterocycles. The van der Waals surface area contributed by atoms with Crippen LogP contribution in [0.3, 0.4) is 0 Å². The summed E-state index contributed by atoms with van der Waals surface area (Å²) in [5, 5.41) is 0. The first kappa shape index (κ1) is 20.3. The number of hydrogen-bond donors (Lipinski definition) is 0. The van der Waals surface area contributed by atoms with Gasteiger partial charge in [-0.25, -0.2) is 8.96 Å². The van der Waals surface area contributed by atoms with Crippen LogP contribution in [0.4, 0.5) is 4.39 Å². The number of nitrogens with zero attached hydrogens (tertiary/aromatic N) is 2. The van der Waals surface area contributed by atoms with Crippen LogP contribution in [-0.2, 0) is 12.5 Å². The highest BCUT2D eigenvalue weighted by Gasteiger charge is 2.46. The maximum Gasteiger partial charge on any atom is 0.212 e. The molecule has 2 aliphatic rings. The van der Waals surface area contributed by atoms with E-state index in [9.17, 15) is 4.39 Å². The molecular formula is C30H28FN2+. The summed E-state index contributed by atoms with van der Waals surface area (Å²) in [4.78, 5) is 4.89. The first-order valence-electron chi connectivity index (χ1n) is 11.9. The van der Waals surface area contributed by atoms with Crippen molar-refractivity contribution < 1.29 is 8.96 Å². The van der Waals surface area contributed by atoms with E-state index < -0.39 is 0 Å². The molecule has 0 unspecified atom stereocenters. The number of rotatable bonds is 2. The van der Waals surface area contributed by atoms with Gasteiger partial charge < -0.3 is 0 Å². The molecule has 0 aliphatic heterocycles. The van der Waals surface area contributed by atoms with Gasteiger partial charge in [-0.15, -0.1) is 0 Å². The van der Waals surface area contributed by atoms with Gasteiger partial charge in [-0.05, 0) is 78.8 Å². The lowest BCUT2D eigenvalue weighted by Gasteiger charge is -2.25. The molecule has 6 rings (SSSR count). The zero-order valence-electron chi connectivity index (χ0n) is 19.5. The molecule has 0 N–H and O–H groups in total. The van der Waals surface area contributed by atoms with E-state index in [2.05, 4.69) is 62.0 Å². The van der Waals surface area contributed by atoms with Gasteiger partial charge >= 0.3 is 0 Å². The lowest BCUT2D eigenvalue weighted by molar-refractivity contribution is -0.660. The number of hydrogen-bond acceptors (Lipinski definition) is 1. The maximum absolute atomic E-state index is 13.4. The number of benzene rings is 2. The normalized spacial score (nSPS) is 15.6. The lowest BCUT2D eigenvalue weighted by atomic mass is 9.78. The van der Waals surface area contributed by atoms with Crippen LogP contribution in [0.5, 0.6) is 0 Å². The second-order valence-electron chi connectivity index (χ2n) is 9.77. The van der Waals surface area contributed by atoms with Crippen LogP contribution in [0.25, 0.3) is 33.5 Å². The number of aryl methyl sites for hydroxylation is 3. The summed E-state index contributed by atoms with van der Waals surface area (Å²) in [5.41, 5.74) is 12.6. The molecule has 0 atom stereocenters. The highest BCUT2D eigenvalue weighted by Crippen LogP contribution is 2.56. The molecule has 2 heterocycles. The summed E-state index contributed by atoms with van der Waals surface area (Å²) < 4.78 is 15.6. The van der Waals surface area contributed by atoms with Gasteiger partial charge in [-0.2, -0.15) is 0 Å². The molecule has 1 fully saturated rings. The summed E-state index contributed by atoms with van der Waals surface area (Å²) in [5.74, 6) is -0.206. The average Bonchev–Trinajstić information content (AvgIpc) is 3.41. The van der Waals surface area contributed by atoms with Gasteiger partial charge in [-0.3, -0.25) is 4.98 Å². The molecule has 1 spiro atoms. The number of halogens is 1. The minimum absolute atomic E-state index is 0.0655. The van der Waals surface area contributed by atoms with Crippen LogP contribution in [0.15, 0.2) is 67.0 Å². The van der Waals surface area contributed by atoms with Crippen LogP contribution >= 0.6 is 0 Å². The Morgan fingerprint density at radius 2 is 1.58 bits per heavy atom. The molecule has 4 aromatic rings. The molecule has 2 nitrogen and oxygen atoms in total. The van der Waals surface area contributed by atoms with Crippen molar-refractivity contribution in [3.63, 3.8) is 0 Å². The van der Waals surface area contributed by atoms with Crippen molar-refractivity contribution in [3.8, 4) is 33.5 Å². The Bertz CT molecular complexity index is 1400. The van der Waals surface area contributed by atoms with Gasteiger partial charge in [0.05, 0.1) is 5.69 Å². The molecule has 3 heteroatoms. The standard InChI is InChI=1S/C30H28FN2/c1-19-15-25-23-7-6-14-32-29(23)30(12-4-5-13-30)27(25)17-24(19)28-16-20(2)26(18-33(28)3)21-8-10-22(31)11-9-21/h6-11,14-18H,4-5,12-13H2,1-3H3/q+1. The van der Waals surface area contributed by atoms with E-state index in [0.717, 1.165) is 11.1 Å². The van der Waals surface area contributed by atoms with Crippen LogP contribution in [-0.4, -0.2) is 4.98 Å². The fourth-order valence-electron chi connectivity index (χ4n) is 6.17. The van der Waals surface area contributed by atoms with Crippen molar-refractivity contribution in [2.75, 3.05) is 0 Å². The Balaban J connectivity index is 1.52. The average molecular weight is 436 g/mol. The molecule has 164 valence electrons. The van der Waals surface area contributed by atoms with E-state index in [1.54, 1.807) is 0 Å². The van der Waals surface area contributed by atoms with Crippen molar-refractivity contribution in [2.45, 2.75) is 44.9 Å². The van der Waals surface area contributed by atoms with Crippen molar-refractivity contribution in [1.82, 2.24) is 4.98 Å². The van der Waals surface area contributed by atoms with Crippen LogP contribution in [0.2, 0.25) is 0 Å². The second kappa shape index (κ2) is 7.34. The Morgan fingerprint density at radius 3 is 2.33 bits per heavy atom. The van der Waals surface area contributed by atoms with Crippen molar-refractivity contribution in [3.05, 3.63) is 95.2 Å². The maximum atomic E-state index is 13.4. The van der Waals surface area contributed by atoms with E-state index in [1.165, 1.54) is 82.6 Å². The third kappa shape index (κ3) is 2.98. The van der Waals surface area contributed by atoms with Crippen LogP contribution in [0.1, 0.15) is 48.1 Å².